The van der Waals surface area contributed by atoms with E-state index in [0.717, 1.165) is 17.9 Å². The molecule has 5 heteroatoms. The molecule has 72 valence electrons. The predicted molar refractivity (Wildman–Crippen MR) is 47.7 cm³/mol. The molecule has 0 rings (SSSR count). The summed E-state index contributed by atoms with van der Waals surface area (Å²) in [5.74, 6) is 10.9. The van der Waals surface area contributed by atoms with Gasteiger partial charge in [0.2, 0.25) is 0 Å². The minimum atomic E-state index is -0.446. The molecule has 0 radical (unpaired) electrons. The average Bonchev–Trinajstić information content (AvgIpc) is 2.02. The van der Waals surface area contributed by atoms with Gasteiger partial charge in [0.25, 0.3) is 0 Å². The number of carbonyl (C=O) groups excluding carboxylic acids is 1. The van der Waals surface area contributed by atoms with E-state index in [0.29, 0.717) is 12.5 Å². The smallest absolute Gasteiger partial charge is 0.275 e. The summed E-state index contributed by atoms with van der Waals surface area (Å²) in [6.07, 6.45) is 1.97. The Labute approximate surface area is 73.0 Å². The third-order valence-electron chi connectivity index (χ3n) is 1.56. The van der Waals surface area contributed by atoms with Gasteiger partial charge in [-0.3, -0.25) is 10.4 Å². The summed E-state index contributed by atoms with van der Waals surface area (Å²) in [5, 5.41) is 1.09. The van der Waals surface area contributed by atoms with E-state index in [2.05, 4.69) is 13.8 Å². The molecule has 0 aromatic rings. The quantitative estimate of drug-likeness (QED) is 0.323. The number of carbonyl (C=O) groups is 1. The lowest BCUT2D eigenvalue weighted by Gasteiger charge is -2.15. The number of hydrogen-bond donors (Lipinski definition) is 3. The molecule has 0 aliphatic carbocycles. The van der Waals surface area contributed by atoms with Crippen LogP contribution in [0.25, 0.3) is 0 Å². The molecule has 2 amide bonds. The first-order chi connectivity index (χ1) is 5.57. The highest BCUT2D eigenvalue weighted by molar-refractivity contribution is 5.72. The molecule has 0 aromatic heterocycles. The summed E-state index contributed by atoms with van der Waals surface area (Å²) in [5.41, 5.74) is 1.96. The first-order valence-electron chi connectivity index (χ1n) is 4.10. The fourth-order valence-corrected chi connectivity index (χ4v) is 0.854. The number of hydrogen-bond acceptors (Lipinski definition) is 3. The van der Waals surface area contributed by atoms with Gasteiger partial charge in [-0.25, -0.2) is 16.5 Å². The second-order valence-electron chi connectivity index (χ2n) is 3.18. The van der Waals surface area contributed by atoms with Gasteiger partial charge in [-0.2, -0.15) is 0 Å². The number of nitrogens with zero attached hydrogens (tertiary/aromatic N) is 1. The fraction of sp³-hybridized carbons (Fsp3) is 0.857. The summed E-state index contributed by atoms with van der Waals surface area (Å²) in [6, 6.07) is -0.446. The van der Waals surface area contributed by atoms with Gasteiger partial charge in [0.05, 0.1) is 0 Å². The van der Waals surface area contributed by atoms with Crippen LogP contribution in [-0.2, 0) is 0 Å². The van der Waals surface area contributed by atoms with Crippen LogP contribution in [0.15, 0.2) is 0 Å². The summed E-state index contributed by atoms with van der Waals surface area (Å²) < 4.78 is 0. The minimum Gasteiger partial charge on any atom is -0.275 e. The summed E-state index contributed by atoms with van der Waals surface area (Å²) in [6.45, 7) is 4.80. The zero-order valence-corrected chi connectivity index (χ0v) is 7.71. The number of rotatable bonds is 4. The highest BCUT2D eigenvalue weighted by Gasteiger charge is 2.05. The number of urea groups is 1. The van der Waals surface area contributed by atoms with Gasteiger partial charge in [-0.15, -0.1) is 0 Å². The predicted octanol–water partition coefficient (Wildman–Crippen LogP) is 0.182. The van der Waals surface area contributed by atoms with Gasteiger partial charge in [0, 0.05) is 6.54 Å². The van der Waals surface area contributed by atoms with Gasteiger partial charge < -0.3 is 0 Å². The Balaban J connectivity index is 3.43. The minimum absolute atomic E-state index is 0.446. The van der Waals surface area contributed by atoms with Crippen molar-refractivity contribution in [3.63, 3.8) is 0 Å². The van der Waals surface area contributed by atoms with Crippen molar-refractivity contribution in [2.75, 3.05) is 6.54 Å². The van der Waals surface area contributed by atoms with E-state index in [9.17, 15) is 4.79 Å². The van der Waals surface area contributed by atoms with Crippen LogP contribution < -0.4 is 17.1 Å². The third kappa shape index (κ3) is 4.92. The molecule has 5 nitrogen and oxygen atoms in total. The number of nitrogens with two attached hydrogens (primary N) is 2. The van der Waals surface area contributed by atoms with Crippen molar-refractivity contribution in [1.82, 2.24) is 10.4 Å². The van der Waals surface area contributed by atoms with E-state index in [1.807, 2.05) is 5.43 Å². The molecule has 0 bridgehead atoms. The molecule has 0 saturated carbocycles. The highest BCUT2D eigenvalue weighted by Crippen LogP contribution is 2.03. The molecular formula is C7H18N4O. The van der Waals surface area contributed by atoms with Gasteiger partial charge in [0.1, 0.15) is 0 Å². The lowest BCUT2D eigenvalue weighted by Crippen LogP contribution is -2.47. The van der Waals surface area contributed by atoms with Crippen molar-refractivity contribution in [3.8, 4) is 0 Å². The van der Waals surface area contributed by atoms with Crippen LogP contribution in [-0.4, -0.2) is 17.6 Å². The Morgan fingerprint density at radius 2 is 2.17 bits per heavy atom. The summed E-state index contributed by atoms with van der Waals surface area (Å²) >= 11 is 0. The fourth-order valence-electron chi connectivity index (χ4n) is 0.854. The molecule has 12 heavy (non-hydrogen) atoms. The second kappa shape index (κ2) is 5.79. The molecule has 0 aliphatic heterocycles. The maximum Gasteiger partial charge on any atom is 0.345 e. The van der Waals surface area contributed by atoms with Crippen molar-refractivity contribution < 1.29 is 4.79 Å². The molecule has 0 aromatic carbocycles. The average molecular weight is 174 g/mol. The zero-order valence-electron chi connectivity index (χ0n) is 7.71. The Morgan fingerprint density at radius 1 is 1.58 bits per heavy atom. The van der Waals surface area contributed by atoms with E-state index >= 15 is 0 Å². The van der Waals surface area contributed by atoms with Crippen LogP contribution in [0.5, 0.6) is 0 Å². The monoisotopic (exact) mass is 174 g/mol. The Bertz CT molecular complexity index is 137. The van der Waals surface area contributed by atoms with Crippen molar-refractivity contribution in [1.29, 1.82) is 0 Å². The molecule has 0 atom stereocenters. The lowest BCUT2D eigenvalue weighted by atomic mass is 10.1. The first kappa shape index (κ1) is 11.2. The zero-order chi connectivity index (χ0) is 9.56. The van der Waals surface area contributed by atoms with Gasteiger partial charge in [-0.1, -0.05) is 13.8 Å². The third-order valence-corrected chi connectivity index (χ3v) is 1.56. The number of amides is 2. The number of hydrazine groups is 2. The lowest BCUT2D eigenvalue weighted by molar-refractivity contribution is 0.197. The van der Waals surface area contributed by atoms with E-state index < -0.39 is 6.03 Å². The Hall–Kier alpha value is -0.810. The van der Waals surface area contributed by atoms with Crippen LogP contribution in [0, 0.1) is 5.92 Å². The van der Waals surface area contributed by atoms with Crippen LogP contribution in [0.1, 0.15) is 26.7 Å². The van der Waals surface area contributed by atoms with Gasteiger partial charge >= 0.3 is 6.03 Å². The van der Waals surface area contributed by atoms with E-state index in [1.54, 1.807) is 0 Å². The SMILES string of the molecule is CC(C)CCCN(N)C(=O)NN. The maximum absolute atomic E-state index is 10.8. The van der Waals surface area contributed by atoms with Crippen LogP contribution in [0.2, 0.25) is 0 Å². The van der Waals surface area contributed by atoms with Crippen molar-refractivity contribution in [2.45, 2.75) is 26.7 Å². The van der Waals surface area contributed by atoms with E-state index in [1.165, 1.54) is 0 Å². The standard InChI is InChI=1S/C7H18N4O/c1-6(2)4-3-5-11(9)7(12)10-8/h6H,3-5,8-9H2,1-2H3,(H,10,12). The molecule has 0 fully saturated rings. The largest absolute Gasteiger partial charge is 0.345 e. The Morgan fingerprint density at radius 3 is 2.58 bits per heavy atom. The summed E-state index contributed by atoms with van der Waals surface area (Å²) in [4.78, 5) is 10.8. The van der Waals surface area contributed by atoms with Gasteiger partial charge in [0.15, 0.2) is 0 Å². The van der Waals surface area contributed by atoms with Crippen LogP contribution >= 0.6 is 0 Å². The van der Waals surface area contributed by atoms with Gasteiger partial charge in [-0.05, 0) is 18.8 Å². The van der Waals surface area contributed by atoms with Crippen molar-refractivity contribution >= 4 is 6.03 Å². The summed E-state index contributed by atoms with van der Waals surface area (Å²) in [7, 11) is 0. The van der Waals surface area contributed by atoms with E-state index in [-0.39, 0.29) is 0 Å². The van der Waals surface area contributed by atoms with Crippen molar-refractivity contribution in [3.05, 3.63) is 0 Å². The number of nitrogens with one attached hydrogen (secondary N) is 1. The highest BCUT2D eigenvalue weighted by atomic mass is 16.2. The molecule has 0 unspecified atom stereocenters. The second-order valence-corrected chi connectivity index (χ2v) is 3.18. The first-order valence-corrected chi connectivity index (χ1v) is 4.10. The molecule has 0 heterocycles. The molecule has 5 N–H and O–H groups in total. The van der Waals surface area contributed by atoms with E-state index in [4.69, 9.17) is 11.7 Å². The normalized spacial score (nSPS) is 10.1. The van der Waals surface area contributed by atoms with Crippen LogP contribution in [0.3, 0.4) is 0 Å². The molecule has 0 saturated heterocycles. The topological polar surface area (TPSA) is 84.4 Å². The molecule has 0 aliphatic rings. The Kier molecular flexibility index (Phi) is 5.40. The molecule has 0 spiro atoms. The molecular weight excluding hydrogens is 156 g/mol. The van der Waals surface area contributed by atoms with Crippen LogP contribution in [0.4, 0.5) is 4.79 Å². The van der Waals surface area contributed by atoms with Crippen molar-refractivity contribution in [2.24, 2.45) is 17.6 Å². The maximum atomic E-state index is 10.8.